The number of rotatable bonds is 1. The van der Waals surface area contributed by atoms with E-state index in [4.69, 9.17) is 4.42 Å². The van der Waals surface area contributed by atoms with Gasteiger partial charge in [-0.15, -0.1) is 0 Å². The van der Waals surface area contributed by atoms with Crippen molar-refractivity contribution < 1.29 is 4.42 Å². The molecule has 0 aliphatic heterocycles. The number of fused-ring (bicyclic) bond motifs is 4. The van der Waals surface area contributed by atoms with E-state index in [0.717, 1.165) is 11.3 Å². The van der Waals surface area contributed by atoms with Gasteiger partial charge in [-0.05, 0) is 49.7 Å². The van der Waals surface area contributed by atoms with Crippen molar-refractivity contribution in [3.8, 4) is 5.69 Å². The van der Waals surface area contributed by atoms with Crippen molar-refractivity contribution in [2.45, 2.75) is 13.8 Å². The highest BCUT2D eigenvalue weighted by Crippen LogP contribution is 2.36. The molecule has 0 aliphatic carbocycles. The van der Waals surface area contributed by atoms with Crippen molar-refractivity contribution in [2.75, 3.05) is 0 Å². The molecule has 0 saturated carbocycles. The third-order valence-corrected chi connectivity index (χ3v) is 4.98. The highest BCUT2D eigenvalue weighted by Gasteiger charge is 2.15. The first-order valence-electron chi connectivity index (χ1n) is 8.22. The maximum absolute atomic E-state index is 5.96. The van der Waals surface area contributed by atoms with Gasteiger partial charge in [0.1, 0.15) is 11.3 Å². The molecule has 2 heteroatoms. The Morgan fingerprint density at radius 2 is 1.46 bits per heavy atom. The Kier molecular flexibility index (Phi) is 2.66. The van der Waals surface area contributed by atoms with Gasteiger partial charge in [-0.3, -0.25) is 0 Å². The molecule has 0 aliphatic rings. The zero-order valence-electron chi connectivity index (χ0n) is 13.7. The first-order chi connectivity index (χ1) is 11.7. The van der Waals surface area contributed by atoms with Crippen LogP contribution in [0.2, 0.25) is 0 Å². The van der Waals surface area contributed by atoms with Gasteiger partial charge in [-0.1, -0.05) is 36.4 Å². The van der Waals surface area contributed by atoms with E-state index in [1.807, 2.05) is 6.92 Å². The summed E-state index contributed by atoms with van der Waals surface area (Å²) in [6.07, 6.45) is 0. The molecule has 5 rings (SSSR count). The maximum atomic E-state index is 5.96. The average Bonchev–Trinajstić information content (AvgIpc) is 3.08. The van der Waals surface area contributed by atoms with E-state index in [9.17, 15) is 0 Å². The number of aromatic nitrogens is 1. The fourth-order valence-corrected chi connectivity index (χ4v) is 3.66. The first-order valence-corrected chi connectivity index (χ1v) is 8.22. The summed E-state index contributed by atoms with van der Waals surface area (Å²) in [5.41, 5.74) is 5.81. The van der Waals surface area contributed by atoms with Crippen LogP contribution in [0.3, 0.4) is 0 Å². The van der Waals surface area contributed by atoms with Crippen LogP contribution in [0.15, 0.2) is 71.1 Å². The van der Waals surface area contributed by atoms with Crippen LogP contribution in [0.4, 0.5) is 0 Å². The Bertz CT molecular complexity index is 1210. The second kappa shape index (κ2) is 4.75. The standard InChI is InChI=1S/C22H17NO/c1-14-15(2)24-22-13-19-17-10-6-7-11-20(17)23(21(19)12-18(14)22)16-8-4-3-5-9-16/h3-13H,1-2H3. The predicted octanol–water partition coefficient (Wildman–Crippen LogP) is 6.15. The summed E-state index contributed by atoms with van der Waals surface area (Å²) in [7, 11) is 0. The van der Waals surface area contributed by atoms with Gasteiger partial charge in [0.15, 0.2) is 0 Å². The Morgan fingerprint density at radius 3 is 2.29 bits per heavy atom. The van der Waals surface area contributed by atoms with Crippen molar-refractivity contribution >= 4 is 32.8 Å². The molecule has 3 aromatic carbocycles. The number of nitrogens with zero attached hydrogens (tertiary/aromatic N) is 1. The largest absolute Gasteiger partial charge is 0.461 e. The molecule has 0 N–H and O–H groups in total. The van der Waals surface area contributed by atoms with Crippen molar-refractivity contribution in [1.29, 1.82) is 0 Å². The van der Waals surface area contributed by atoms with E-state index in [-0.39, 0.29) is 0 Å². The van der Waals surface area contributed by atoms with Crippen molar-refractivity contribution in [3.05, 3.63) is 78.1 Å². The summed E-state index contributed by atoms with van der Waals surface area (Å²) in [4.78, 5) is 0. The zero-order valence-corrected chi connectivity index (χ0v) is 13.7. The van der Waals surface area contributed by atoms with E-state index >= 15 is 0 Å². The number of para-hydroxylation sites is 2. The Hall–Kier alpha value is -3.00. The van der Waals surface area contributed by atoms with Gasteiger partial charge in [0.05, 0.1) is 11.0 Å². The molecule has 0 amide bonds. The summed E-state index contributed by atoms with van der Waals surface area (Å²) in [6.45, 7) is 4.16. The van der Waals surface area contributed by atoms with Gasteiger partial charge in [0, 0.05) is 21.8 Å². The van der Waals surface area contributed by atoms with Crippen LogP contribution in [-0.2, 0) is 0 Å². The molecule has 0 radical (unpaired) electrons. The number of hydrogen-bond acceptors (Lipinski definition) is 1. The van der Waals surface area contributed by atoms with Crippen molar-refractivity contribution in [2.24, 2.45) is 0 Å². The van der Waals surface area contributed by atoms with E-state index < -0.39 is 0 Å². The number of hydrogen-bond donors (Lipinski definition) is 0. The third-order valence-electron chi connectivity index (χ3n) is 4.98. The molecule has 0 atom stereocenters. The molecule has 0 bridgehead atoms. The minimum absolute atomic E-state index is 0.966. The summed E-state index contributed by atoms with van der Waals surface area (Å²) >= 11 is 0. The van der Waals surface area contributed by atoms with Crippen LogP contribution >= 0.6 is 0 Å². The molecule has 0 spiro atoms. The molecule has 24 heavy (non-hydrogen) atoms. The molecule has 2 heterocycles. The van der Waals surface area contributed by atoms with Gasteiger partial charge in [-0.2, -0.15) is 0 Å². The molecule has 5 aromatic rings. The molecular formula is C22H17NO. The SMILES string of the molecule is Cc1oc2cc3c4ccccc4n(-c4ccccc4)c3cc2c1C. The summed E-state index contributed by atoms with van der Waals surface area (Å²) in [6, 6.07) is 23.6. The average molecular weight is 311 g/mol. The van der Waals surface area contributed by atoms with Crippen molar-refractivity contribution in [1.82, 2.24) is 4.57 Å². The van der Waals surface area contributed by atoms with Crippen LogP contribution in [-0.4, -0.2) is 4.57 Å². The van der Waals surface area contributed by atoms with Gasteiger partial charge in [0.25, 0.3) is 0 Å². The monoisotopic (exact) mass is 311 g/mol. The van der Waals surface area contributed by atoms with Gasteiger partial charge >= 0.3 is 0 Å². The lowest BCUT2D eigenvalue weighted by Gasteiger charge is -2.07. The van der Waals surface area contributed by atoms with E-state index in [2.05, 4.69) is 78.2 Å². The molecule has 2 nitrogen and oxygen atoms in total. The normalized spacial score (nSPS) is 11.8. The third kappa shape index (κ3) is 1.71. The van der Waals surface area contributed by atoms with E-state index in [1.165, 1.54) is 38.4 Å². The second-order valence-corrected chi connectivity index (χ2v) is 6.34. The Morgan fingerprint density at radius 1 is 0.708 bits per heavy atom. The summed E-state index contributed by atoms with van der Waals surface area (Å²) in [5.74, 6) is 0.994. The minimum atomic E-state index is 0.966. The van der Waals surface area contributed by atoms with Crippen LogP contribution < -0.4 is 0 Å². The molecule has 116 valence electrons. The quantitative estimate of drug-likeness (QED) is 0.363. The number of furan rings is 1. The number of benzene rings is 3. The van der Waals surface area contributed by atoms with Crippen LogP contribution in [0.5, 0.6) is 0 Å². The highest BCUT2D eigenvalue weighted by atomic mass is 16.3. The van der Waals surface area contributed by atoms with E-state index in [1.54, 1.807) is 0 Å². The lowest BCUT2D eigenvalue weighted by molar-refractivity contribution is 0.575. The smallest absolute Gasteiger partial charge is 0.135 e. The minimum Gasteiger partial charge on any atom is -0.461 e. The fraction of sp³-hybridized carbons (Fsp3) is 0.0909. The van der Waals surface area contributed by atoms with Crippen molar-refractivity contribution in [3.63, 3.8) is 0 Å². The molecule has 0 unspecified atom stereocenters. The Labute approximate surface area is 139 Å². The Balaban J connectivity index is 2.03. The van der Waals surface area contributed by atoms with Crippen LogP contribution in [0.25, 0.3) is 38.5 Å². The predicted molar refractivity (Wildman–Crippen MR) is 100 cm³/mol. The second-order valence-electron chi connectivity index (χ2n) is 6.34. The van der Waals surface area contributed by atoms with Crippen LogP contribution in [0.1, 0.15) is 11.3 Å². The van der Waals surface area contributed by atoms with Gasteiger partial charge in [0.2, 0.25) is 0 Å². The lowest BCUT2D eigenvalue weighted by atomic mass is 10.1. The highest BCUT2D eigenvalue weighted by molar-refractivity contribution is 6.13. The van der Waals surface area contributed by atoms with Crippen LogP contribution in [0, 0.1) is 13.8 Å². The lowest BCUT2D eigenvalue weighted by Crippen LogP contribution is -1.92. The first kappa shape index (κ1) is 13.4. The summed E-state index contributed by atoms with van der Waals surface area (Å²) < 4.78 is 8.30. The fourth-order valence-electron chi connectivity index (χ4n) is 3.66. The molecule has 2 aromatic heterocycles. The molecular weight excluding hydrogens is 294 g/mol. The van der Waals surface area contributed by atoms with Gasteiger partial charge < -0.3 is 8.98 Å². The molecule has 0 saturated heterocycles. The van der Waals surface area contributed by atoms with Gasteiger partial charge in [-0.25, -0.2) is 0 Å². The molecule has 0 fully saturated rings. The maximum Gasteiger partial charge on any atom is 0.135 e. The topological polar surface area (TPSA) is 18.1 Å². The zero-order chi connectivity index (χ0) is 16.3. The number of aryl methyl sites for hydroxylation is 2. The van der Waals surface area contributed by atoms with E-state index in [0.29, 0.717) is 0 Å². The summed E-state index contributed by atoms with van der Waals surface area (Å²) in [5, 5.41) is 3.68.